The summed E-state index contributed by atoms with van der Waals surface area (Å²) in [6, 6.07) is 10.4. The van der Waals surface area contributed by atoms with Crippen LogP contribution < -0.4 is 5.56 Å². The van der Waals surface area contributed by atoms with Gasteiger partial charge in [0.25, 0.3) is 5.56 Å². The maximum atomic E-state index is 13.8. The second-order valence-corrected chi connectivity index (χ2v) is 5.63. The first kappa shape index (κ1) is 15.5. The molecule has 0 amide bonds. The predicted molar refractivity (Wildman–Crippen MR) is 87.1 cm³/mol. The van der Waals surface area contributed by atoms with Gasteiger partial charge in [0.1, 0.15) is 28.8 Å². The van der Waals surface area contributed by atoms with Crippen LogP contribution in [0.15, 0.2) is 58.0 Å². The third-order valence-corrected chi connectivity index (χ3v) is 4.05. The fourth-order valence-corrected chi connectivity index (χ4v) is 2.85. The Balaban J connectivity index is 1.78. The molecule has 7 heteroatoms. The lowest BCUT2D eigenvalue weighted by Crippen LogP contribution is -2.24. The van der Waals surface area contributed by atoms with Gasteiger partial charge < -0.3 is 9.52 Å². The van der Waals surface area contributed by atoms with Crippen LogP contribution in [0, 0.1) is 11.6 Å². The van der Waals surface area contributed by atoms with Gasteiger partial charge in [0.05, 0.1) is 18.4 Å². The second-order valence-electron chi connectivity index (χ2n) is 5.63. The van der Waals surface area contributed by atoms with Crippen LogP contribution in [0.3, 0.4) is 0 Å². The fourth-order valence-electron chi connectivity index (χ4n) is 2.85. The molecule has 2 aromatic carbocycles. The van der Waals surface area contributed by atoms with Crippen LogP contribution in [-0.2, 0) is 6.54 Å². The largest absolute Gasteiger partial charge is 0.448 e. The number of hydrogen-bond donors (Lipinski definition) is 1. The van der Waals surface area contributed by atoms with Gasteiger partial charge in [-0.25, -0.2) is 13.8 Å². The molecule has 0 saturated heterocycles. The Morgan fingerprint density at radius 2 is 1.84 bits per heavy atom. The molecule has 2 heterocycles. The summed E-state index contributed by atoms with van der Waals surface area (Å²) in [7, 11) is 0. The van der Waals surface area contributed by atoms with E-state index in [9.17, 15) is 18.7 Å². The normalized spacial score (nSPS) is 12.8. The summed E-state index contributed by atoms with van der Waals surface area (Å²) >= 11 is 0. The number of benzene rings is 2. The van der Waals surface area contributed by atoms with Crippen molar-refractivity contribution in [2.45, 2.75) is 12.6 Å². The minimum atomic E-state index is -1.54. The van der Waals surface area contributed by atoms with Crippen LogP contribution in [0.1, 0.15) is 11.7 Å². The Morgan fingerprint density at radius 1 is 1.12 bits per heavy atom. The molecule has 0 aliphatic carbocycles. The highest BCUT2D eigenvalue weighted by atomic mass is 19.1. The first-order valence-electron chi connectivity index (χ1n) is 7.55. The molecule has 2 aromatic heterocycles. The number of rotatable bonds is 3. The van der Waals surface area contributed by atoms with Gasteiger partial charge >= 0.3 is 0 Å². The Bertz CT molecular complexity index is 1130. The van der Waals surface area contributed by atoms with Crippen LogP contribution in [-0.4, -0.2) is 14.7 Å². The van der Waals surface area contributed by atoms with Gasteiger partial charge in [-0.05, 0) is 24.3 Å². The standard InChI is InChI=1S/C18H12F2N2O3/c19-11-5-3-6-12(20)15(11)13(23)8-22-9-21-16-10-4-1-2-7-14(10)25-17(16)18(22)24/h1-7,9,13,23H,8H2. The van der Waals surface area contributed by atoms with Crippen LogP contribution in [0.25, 0.3) is 22.1 Å². The summed E-state index contributed by atoms with van der Waals surface area (Å²) in [4.78, 5) is 16.8. The van der Waals surface area contributed by atoms with Gasteiger partial charge in [-0.2, -0.15) is 0 Å². The number of halogens is 2. The van der Waals surface area contributed by atoms with Gasteiger partial charge in [-0.15, -0.1) is 0 Å². The van der Waals surface area contributed by atoms with Crippen molar-refractivity contribution in [3.8, 4) is 0 Å². The van der Waals surface area contributed by atoms with Crippen LogP contribution in [0.2, 0.25) is 0 Å². The van der Waals surface area contributed by atoms with Crippen molar-refractivity contribution in [2.24, 2.45) is 0 Å². The van der Waals surface area contributed by atoms with Crippen molar-refractivity contribution in [3.63, 3.8) is 0 Å². The summed E-state index contributed by atoms with van der Waals surface area (Å²) in [6.07, 6.45) is -0.309. The lowest BCUT2D eigenvalue weighted by atomic mass is 10.1. The molecular weight excluding hydrogens is 330 g/mol. The molecule has 0 saturated carbocycles. The van der Waals surface area contributed by atoms with E-state index in [0.717, 1.165) is 16.7 Å². The van der Waals surface area contributed by atoms with Gasteiger partial charge in [0, 0.05) is 5.39 Å². The Morgan fingerprint density at radius 3 is 2.60 bits per heavy atom. The minimum Gasteiger partial charge on any atom is -0.448 e. The summed E-state index contributed by atoms with van der Waals surface area (Å²) in [6.45, 7) is -0.351. The quantitative estimate of drug-likeness (QED) is 0.621. The number of nitrogens with zero attached hydrogens (tertiary/aromatic N) is 2. The zero-order valence-corrected chi connectivity index (χ0v) is 12.8. The van der Waals surface area contributed by atoms with Gasteiger partial charge in [0.15, 0.2) is 0 Å². The molecule has 5 nitrogen and oxygen atoms in total. The smallest absolute Gasteiger partial charge is 0.297 e. The van der Waals surface area contributed by atoms with Gasteiger partial charge in [-0.3, -0.25) is 9.36 Å². The molecule has 1 N–H and O–H groups in total. The van der Waals surface area contributed by atoms with Crippen molar-refractivity contribution in [1.82, 2.24) is 9.55 Å². The third-order valence-electron chi connectivity index (χ3n) is 4.05. The molecule has 0 fully saturated rings. The third kappa shape index (κ3) is 2.49. The van der Waals surface area contributed by atoms with Crippen molar-refractivity contribution in [1.29, 1.82) is 0 Å². The average Bonchev–Trinajstić information content (AvgIpc) is 2.97. The molecule has 0 aliphatic heterocycles. The van der Waals surface area contributed by atoms with Crippen LogP contribution in [0.5, 0.6) is 0 Å². The SMILES string of the molecule is O=c1c2oc3ccccc3c2ncn1CC(O)c1c(F)cccc1F. The molecular formula is C18H12F2N2O3. The maximum Gasteiger partial charge on any atom is 0.297 e. The number of aliphatic hydroxyl groups excluding tert-OH is 1. The first-order valence-corrected chi connectivity index (χ1v) is 7.55. The van der Waals surface area contributed by atoms with Crippen molar-refractivity contribution >= 4 is 22.1 Å². The zero-order valence-electron chi connectivity index (χ0n) is 12.8. The first-order chi connectivity index (χ1) is 12.1. The van der Waals surface area contributed by atoms with Gasteiger partial charge in [0.2, 0.25) is 5.58 Å². The van der Waals surface area contributed by atoms with Crippen LogP contribution in [0.4, 0.5) is 8.78 Å². The van der Waals surface area contributed by atoms with Crippen molar-refractivity contribution < 1.29 is 18.3 Å². The highest BCUT2D eigenvalue weighted by molar-refractivity contribution is 6.01. The van der Waals surface area contributed by atoms with E-state index < -0.39 is 28.9 Å². The molecule has 4 rings (SSSR count). The lowest BCUT2D eigenvalue weighted by Gasteiger charge is -2.14. The molecule has 126 valence electrons. The van der Waals surface area contributed by atoms with E-state index in [1.54, 1.807) is 24.3 Å². The topological polar surface area (TPSA) is 68.3 Å². The maximum absolute atomic E-state index is 13.8. The molecule has 0 bridgehead atoms. The number of fused-ring (bicyclic) bond motifs is 3. The molecule has 0 aliphatic rings. The summed E-state index contributed by atoms with van der Waals surface area (Å²) in [5.41, 5.74) is -0.0648. The monoisotopic (exact) mass is 342 g/mol. The average molecular weight is 342 g/mol. The molecule has 1 atom stereocenters. The molecule has 25 heavy (non-hydrogen) atoms. The van der Waals surface area contributed by atoms with Crippen LogP contribution >= 0.6 is 0 Å². The number of aliphatic hydroxyl groups is 1. The molecule has 1 unspecified atom stereocenters. The Hall–Kier alpha value is -3.06. The van der Waals surface area contributed by atoms with E-state index in [1.807, 2.05) is 0 Å². The zero-order chi connectivity index (χ0) is 17.6. The minimum absolute atomic E-state index is 0.0323. The summed E-state index contributed by atoms with van der Waals surface area (Å²) in [5.74, 6) is -1.75. The fraction of sp³-hybridized carbons (Fsp3) is 0.111. The van der Waals surface area contributed by atoms with Crippen molar-refractivity contribution in [2.75, 3.05) is 0 Å². The molecule has 0 radical (unpaired) electrons. The number of aromatic nitrogens is 2. The molecule has 0 spiro atoms. The number of para-hydroxylation sites is 1. The van der Waals surface area contributed by atoms with E-state index in [2.05, 4.69) is 4.98 Å². The van der Waals surface area contributed by atoms with Gasteiger partial charge in [-0.1, -0.05) is 18.2 Å². The number of hydrogen-bond acceptors (Lipinski definition) is 4. The Kier molecular flexibility index (Phi) is 3.58. The highest BCUT2D eigenvalue weighted by Crippen LogP contribution is 2.25. The predicted octanol–water partition coefficient (Wildman–Crippen LogP) is 3.15. The number of furan rings is 1. The summed E-state index contributed by atoms with van der Waals surface area (Å²) < 4.78 is 34.2. The molecule has 4 aromatic rings. The van der Waals surface area contributed by atoms with E-state index in [1.165, 1.54) is 12.4 Å². The van der Waals surface area contributed by atoms with E-state index in [-0.39, 0.29) is 12.1 Å². The lowest BCUT2D eigenvalue weighted by molar-refractivity contribution is 0.145. The second kappa shape index (κ2) is 5.78. The summed E-state index contributed by atoms with van der Waals surface area (Å²) in [5, 5.41) is 10.9. The van der Waals surface area contributed by atoms with E-state index >= 15 is 0 Å². The highest BCUT2D eigenvalue weighted by Gasteiger charge is 2.20. The van der Waals surface area contributed by atoms with Crippen molar-refractivity contribution in [3.05, 3.63) is 76.3 Å². The van der Waals surface area contributed by atoms with E-state index in [4.69, 9.17) is 4.42 Å². The Labute approximate surface area is 139 Å². The van der Waals surface area contributed by atoms with E-state index in [0.29, 0.717) is 16.5 Å².